The summed E-state index contributed by atoms with van der Waals surface area (Å²) in [6.45, 7) is 6.08. The van der Waals surface area contributed by atoms with Crippen molar-refractivity contribution in [2.75, 3.05) is 0 Å². The van der Waals surface area contributed by atoms with Gasteiger partial charge in [-0.3, -0.25) is 0 Å². The Balaban J connectivity index is 2.75. The van der Waals surface area contributed by atoms with E-state index in [1.807, 2.05) is 13.8 Å². The molecule has 0 N–H and O–H groups in total. The molecule has 0 unspecified atom stereocenters. The molecule has 1 heterocycles. The van der Waals surface area contributed by atoms with Crippen LogP contribution in [0.2, 0.25) is 0 Å². The van der Waals surface area contributed by atoms with Crippen LogP contribution in [0.1, 0.15) is 16.7 Å². The highest BCUT2D eigenvalue weighted by atomic mass is 16.4. The molecule has 0 aliphatic carbocycles. The summed E-state index contributed by atoms with van der Waals surface area (Å²) in [5, 5.41) is 0. The monoisotopic (exact) mass is 214 g/mol. The van der Waals surface area contributed by atoms with Crippen LogP contribution in [0.3, 0.4) is 0 Å². The first-order valence-electron chi connectivity index (χ1n) is 5.25. The lowest BCUT2D eigenvalue weighted by molar-refractivity contribution is 0.513. The fourth-order valence-corrected chi connectivity index (χ4v) is 2.16. The number of hydrogen-bond donors (Lipinski definition) is 0. The zero-order valence-electron chi connectivity index (χ0n) is 9.70. The van der Waals surface area contributed by atoms with Gasteiger partial charge in [-0.2, -0.15) is 0 Å². The first kappa shape index (κ1) is 10.7. The van der Waals surface area contributed by atoms with Gasteiger partial charge in [-0.1, -0.05) is 17.7 Å². The van der Waals surface area contributed by atoms with Gasteiger partial charge in [0.05, 0.1) is 11.8 Å². The van der Waals surface area contributed by atoms with E-state index >= 15 is 0 Å². The van der Waals surface area contributed by atoms with Crippen molar-refractivity contribution in [3.8, 4) is 11.1 Å². The van der Waals surface area contributed by atoms with Gasteiger partial charge in [0.2, 0.25) is 0 Å². The van der Waals surface area contributed by atoms with Crippen molar-refractivity contribution < 1.29 is 4.42 Å². The Morgan fingerprint density at radius 3 is 2.25 bits per heavy atom. The second-order valence-corrected chi connectivity index (χ2v) is 4.09. The van der Waals surface area contributed by atoms with Crippen molar-refractivity contribution in [3.05, 3.63) is 57.6 Å². The third-order valence-electron chi connectivity index (χ3n) is 2.68. The molecule has 0 saturated carbocycles. The molecule has 0 fully saturated rings. The van der Waals surface area contributed by atoms with Crippen LogP contribution in [-0.4, -0.2) is 0 Å². The average Bonchev–Trinajstić information content (AvgIpc) is 2.19. The summed E-state index contributed by atoms with van der Waals surface area (Å²) in [5.41, 5.74) is 4.76. The van der Waals surface area contributed by atoms with Gasteiger partial charge in [-0.05, 0) is 49.6 Å². The molecule has 0 bridgehead atoms. The standard InChI is InChI=1S/C14H14O2/c1-9-7-10(2)13(11(3)8-9)12-5-4-6-16-14(12)15/h4-8H,1-3H3. The van der Waals surface area contributed by atoms with E-state index in [9.17, 15) is 4.79 Å². The van der Waals surface area contributed by atoms with Gasteiger partial charge >= 0.3 is 5.63 Å². The van der Waals surface area contributed by atoms with Crippen LogP contribution < -0.4 is 5.63 Å². The molecule has 1 aromatic heterocycles. The van der Waals surface area contributed by atoms with Gasteiger partial charge in [0.1, 0.15) is 0 Å². The fraction of sp³-hybridized carbons (Fsp3) is 0.214. The molecule has 0 atom stereocenters. The third kappa shape index (κ3) is 1.78. The largest absolute Gasteiger partial charge is 0.431 e. The molecule has 2 rings (SSSR count). The highest BCUT2D eigenvalue weighted by Crippen LogP contribution is 2.25. The molecule has 0 aliphatic heterocycles. The second kappa shape index (κ2) is 3.97. The maximum Gasteiger partial charge on any atom is 0.343 e. The summed E-state index contributed by atoms with van der Waals surface area (Å²) in [6, 6.07) is 7.70. The average molecular weight is 214 g/mol. The molecule has 0 amide bonds. The van der Waals surface area contributed by atoms with Crippen LogP contribution in [0, 0.1) is 20.8 Å². The van der Waals surface area contributed by atoms with Crippen LogP contribution in [0.15, 0.2) is 39.7 Å². The molecule has 16 heavy (non-hydrogen) atoms. The zero-order chi connectivity index (χ0) is 11.7. The van der Waals surface area contributed by atoms with Crippen LogP contribution >= 0.6 is 0 Å². The second-order valence-electron chi connectivity index (χ2n) is 4.09. The molecule has 0 saturated heterocycles. The lowest BCUT2D eigenvalue weighted by Gasteiger charge is -2.09. The van der Waals surface area contributed by atoms with E-state index < -0.39 is 0 Å². The number of benzene rings is 1. The lowest BCUT2D eigenvalue weighted by atomic mass is 9.95. The van der Waals surface area contributed by atoms with E-state index in [-0.39, 0.29) is 5.63 Å². The quantitative estimate of drug-likeness (QED) is 0.729. The van der Waals surface area contributed by atoms with Gasteiger partial charge in [-0.25, -0.2) is 4.79 Å². The van der Waals surface area contributed by atoms with Crippen molar-refractivity contribution in [3.63, 3.8) is 0 Å². The Kier molecular flexibility index (Phi) is 2.65. The molecule has 0 radical (unpaired) electrons. The minimum absolute atomic E-state index is 0.280. The van der Waals surface area contributed by atoms with Crippen LogP contribution in [0.4, 0.5) is 0 Å². The Morgan fingerprint density at radius 1 is 1.06 bits per heavy atom. The summed E-state index contributed by atoms with van der Waals surface area (Å²) in [5.74, 6) is 0. The topological polar surface area (TPSA) is 30.2 Å². The fourth-order valence-electron chi connectivity index (χ4n) is 2.16. The Bertz CT molecular complexity index is 556. The van der Waals surface area contributed by atoms with Gasteiger partial charge < -0.3 is 4.42 Å². The number of rotatable bonds is 1. The van der Waals surface area contributed by atoms with Crippen molar-refractivity contribution >= 4 is 0 Å². The molecule has 1 aromatic carbocycles. The van der Waals surface area contributed by atoms with E-state index in [2.05, 4.69) is 19.1 Å². The normalized spacial score (nSPS) is 10.4. The van der Waals surface area contributed by atoms with Gasteiger partial charge in [0.15, 0.2) is 0 Å². The third-order valence-corrected chi connectivity index (χ3v) is 2.68. The molecule has 82 valence electrons. The number of hydrogen-bond acceptors (Lipinski definition) is 2. The van der Waals surface area contributed by atoms with Crippen molar-refractivity contribution in [2.24, 2.45) is 0 Å². The Hall–Kier alpha value is -1.83. The molecule has 2 aromatic rings. The maximum atomic E-state index is 11.6. The molecule has 0 spiro atoms. The smallest absolute Gasteiger partial charge is 0.343 e. The first-order chi connectivity index (χ1) is 7.59. The Morgan fingerprint density at radius 2 is 1.69 bits per heavy atom. The minimum Gasteiger partial charge on any atom is -0.431 e. The zero-order valence-corrected chi connectivity index (χ0v) is 9.70. The molecule has 2 nitrogen and oxygen atoms in total. The van der Waals surface area contributed by atoms with E-state index in [1.165, 1.54) is 11.8 Å². The Labute approximate surface area is 94.5 Å². The SMILES string of the molecule is Cc1cc(C)c(-c2cccoc2=O)c(C)c1. The van der Waals surface area contributed by atoms with E-state index in [1.54, 1.807) is 12.1 Å². The maximum absolute atomic E-state index is 11.6. The molecule has 0 aliphatic rings. The summed E-state index contributed by atoms with van der Waals surface area (Å²) >= 11 is 0. The summed E-state index contributed by atoms with van der Waals surface area (Å²) in [6.07, 6.45) is 1.41. The van der Waals surface area contributed by atoms with Gasteiger partial charge in [0.25, 0.3) is 0 Å². The predicted molar refractivity (Wildman–Crippen MR) is 64.6 cm³/mol. The lowest BCUT2D eigenvalue weighted by Crippen LogP contribution is -2.04. The van der Waals surface area contributed by atoms with Gasteiger partial charge in [-0.15, -0.1) is 0 Å². The summed E-state index contributed by atoms with van der Waals surface area (Å²) in [7, 11) is 0. The minimum atomic E-state index is -0.280. The van der Waals surface area contributed by atoms with Crippen LogP contribution in [0.25, 0.3) is 11.1 Å². The van der Waals surface area contributed by atoms with Crippen molar-refractivity contribution in [1.29, 1.82) is 0 Å². The van der Waals surface area contributed by atoms with E-state index in [4.69, 9.17) is 4.42 Å². The van der Waals surface area contributed by atoms with Gasteiger partial charge in [0, 0.05) is 0 Å². The summed E-state index contributed by atoms with van der Waals surface area (Å²) in [4.78, 5) is 11.6. The first-order valence-corrected chi connectivity index (χ1v) is 5.25. The summed E-state index contributed by atoms with van der Waals surface area (Å²) < 4.78 is 4.90. The molecular weight excluding hydrogens is 200 g/mol. The van der Waals surface area contributed by atoms with Crippen LogP contribution in [0.5, 0.6) is 0 Å². The van der Waals surface area contributed by atoms with E-state index in [0.29, 0.717) is 5.56 Å². The van der Waals surface area contributed by atoms with Crippen molar-refractivity contribution in [1.82, 2.24) is 0 Å². The van der Waals surface area contributed by atoms with Crippen molar-refractivity contribution in [2.45, 2.75) is 20.8 Å². The van der Waals surface area contributed by atoms with E-state index in [0.717, 1.165) is 16.7 Å². The van der Waals surface area contributed by atoms with Crippen LogP contribution in [-0.2, 0) is 0 Å². The molecule has 2 heteroatoms. The predicted octanol–water partition coefficient (Wildman–Crippen LogP) is 3.23. The highest BCUT2D eigenvalue weighted by Gasteiger charge is 2.10. The highest BCUT2D eigenvalue weighted by molar-refractivity contribution is 5.70. The number of aryl methyl sites for hydroxylation is 3. The molecular formula is C14H14O2.